The van der Waals surface area contributed by atoms with Crippen LogP contribution in [-0.2, 0) is 0 Å². The Balaban J connectivity index is 1.09. The molecule has 0 radical (unpaired) electrons. The number of nitrogens with zero attached hydrogens (tertiary/aromatic N) is 2. The fraction of sp³-hybridized carbons (Fsp3) is 0. The molecule has 0 saturated heterocycles. The van der Waals surface area contributed by atoms with E-state index >= 15 is 0 Å². The lowest BCUT2D eigenvalue weighted by Crippen LogP contribution is -2.01. The van der Waals surface area contributed by atoms with Gasteiger partial charge in [-0.25, -0.2) is 0 Å². The van der Waals surface area contributed by atoms with Crippen LogP contribution in [0.15, 0.2) is 231 Å². The average Bonchev–Trinajstić information content (AvgIpc) is 3.87. The molecule has 0 saturated carbocycles. The van der Waals surface area contributed by atoms with Crippen molar-refractivity contribution in [3.8, 4) is 45.1 Å². The quantitative estimate of drug-likeness (QED) is 0.153. The van der Waals surface area contributed by atoms with Gasteiger partial charge in [-0.2, -0.15) is 0 Å². The molecule has 3 nitrogen and oxygen atoms in total. The zero-order valence-corrected chi connectivity index (χ0v) is 34.2. The van der Waals surface area contributed by atoms with Crippen LogP contribution in [0.1, 0.15) is 0 Å². The van der Waals surface area contributed by atoms with Crippen LogP contribution in [0, 0.1) is 0 Å². The van der Waals surface area contributed by atoms with Gasteiger partial charge in [-0.1, -0.05) is 182 Å². The largest absolute Gasteiger partial charge is 0.456 e. The summed E-state index contributed by atoms with van der Waals surface area (Å²) in [6.07, 6.45) is 0. The smallest absolute Gasteiger partial charge is 0.143 e. The highest BCUT2D eigenvalue weighted by molar-refractivity contribution is 6.20. The maximum atomic E-state index is 7.46. The van der Waals surface area contributed by atoms with Gasteiger partial charge in [-0.05, 0) is 80.2 Å². The molecule has 13 aromatic rings. The van der Waals surface area contributed by atoms with Crippen molar-refractivity contribution in [3.05, 3.63) is 231 Å². The Kier molecular flexibility index (Phi) is 7.91. The van der Waals surface area contributed by atoms with Gasteiger partial charge in [0.25, 0.3) is 0 Å². The third-order valence-corrected chi connectivity index (χ3v) is 12.9. The second-order valence-corrected chi connectivity index (χ2v) is 16.4. The van der Waals surface area contributed by atoms with Crippen molar-refractivity contribution in [2.75, 3.05) is 0 Å². The molecule has 11 aromatic carbocycles. The summed E-state index contributed by atoms with van der Waals surface area (Å²) >= 11 is 0. The number of hydrogen-bond donors (Lipinski definition) is 0. The maximum absolute atomic E-state index is 7.46. The van der Waals surface area contributed by atoms with E-state index in [2.05, 4.69) is 240 Å². The number of benzene rings is 11. The van der Waals surface area contributed by atoms with E-state index in [4.69, 9.17) is 4.74 Å². The summed E-state index contributed by atoms with van der Waals surface area (Å²) in [5.41, 5.74) is 11.4. The minimum atomic E-state index is 0.754. The van der Waals surface area contributed by atoms with Crippen LogP contribution in [0.2, 0.25) is 0 Å². The molecule has 0 spiro atoms. The lowest BCUT2D eigenvalue weighted by atomic mass is 9.89. The third-order valence-electron chi connectivity index (χ3n) is 12.9. The average molecular weight is 803 g/mol. The van der Waals surface area contributed by atoms with Crippen molar-refractivity contribution in [1.82, 2.24) is 9.13 Å². The summed E-state index contributed by atoms with van der Waals surface area (Å²) in [4.78, 5) is 0. The Bertz CT molecular complexity index is 3830. The van der Waals surface area contributed by atoms with E-state index < -0.39 is 0 Å². The second-order valence-electron chi connectivity index (χ2n) is 16.4. The first-order valence-corrected chi connectivity index (χ1v) is 21.6. The summed E-state index contributed by atoms with van der Waals surface area (Å²) in [6, 6.07) is 83.2. The fourth-order valence-corrected chi connectivity index (χ4v) is 10.2. The normalized spacial score (nSPS) is 11.8. The van der Waals surface area contributed by atoms with E-state index in [1.165, 1.54) is 54.6 Å². The van der Waals surface area contributed by atoms with Crippen LogP contribution in [0.25, 0.3) is 110 Å². The molecule has 0 fully saturated rings. The van der Waals surface area contributed by atoms with Gasteiger partial charge in [0.15, 0.2) is 0 Å². The van der Waals surface area contributed by atoms with Crippen molar-refractivity contribution in [2.24, 2.45) is 0 Å². The highest BCUT2D eigenvalue weighted by Gasteiger charge is 2.21. The van der Waals surface area contributed by atoms with E-state index in [1.54, 1.807) is 0 Å². The van der Waals surface area contributed by atoms with Crippen LogP contribution < -0.4 is 4.74 Å². The lowest BCUT2D eigenvalue weighted by Gasteiger charge is -2.20. The number of aromatic nitrogens is 2. The number of para-hydroxylation sites is 3. The Hall–Kier alpha value is -8.40. The third kappa shape index (κ3) is 5.53. The van der Waals surface area contributed by atoms with Gasteiger partial charge in [-0.15, -0.1) is 0 Å². The van der Waals surface area contributed by atoms with E-state index in [1.807, 2.05) is 0 Å². The van der Waals surface area contributed by atoms with Gasteiger partial charge in [-0.3, -0.25) is 0 Å². The Morgan fingerprint density at radius 2 is 0.746 bits per heavy atom. The molecule has 294 valence electrons. The standard InChI is InChI=1S/C60H38N2O/c1-2-17-39(18-3-1)41-33-34-58-54(35-41)48-24-12-15-32-57(48)62(58)43-36-42(61-55-30-13-10-22-46(55)47-23-11-14-31-56(47)61)37-44(38-43)63-60-52-27-8-6-25-50(52)59(51-26-7-9-28-53(51)60)49-29-16-20-40-19-4-5-21-45(40)49/h1-38H. The van der Waals surface area contributed by atoms with Gasteiger partial charge in [0.2, 0.25) is 0 Å². The fourth-order valence-electron chi connectivity index (χ4n) is 10.2. The molecule has 3 heteroatoms. The van der Waals surface area contributed by atoms with Crippen LogP contribution in [0.5, 0.6) is 11.5 Å². The number of rotatable bonds is 6. The predicted molar refractivity (Wildman–Crippen MR) is 265 cm³/mol. The molecular weight excluding hydrogens is 765 g/mol. The molecule has 2 aromatic heterocycles. The van der Waals surface area contributed by atoms with Gasteiger partial charge in [0.1, 0.15) is 11.5 Å². The van der Waals surface area contributed by atoms with Gasteiger partial charge < -0.3 is 13.9 Å². The zero-order valence-electron chi connectivity index (χ0n) is 34.2. The van der Waals surface area contributed by atoms with Crippen LogP contribution in [-0.4, -0.2) is 9.13 Å². The van der Waals surface area contributed by atoms with Crippen molar-refractivity contribution >= 4 is 75.9 Å². The predicted octanol–water partition coefficient (Wildman–Crippen LogP) is 16.5. The van der Waals surface area contributed by atoms with Gasteiger partial charge in [0.05, 0.1) is 33.4 Å². The molecule has 0 unspecified atom stereocenters. The highest BCUT2D eigenvalue weighted by atomic mass is 16.5. The summed E-state index contributed by atoms with van der Waals surface area (Å²) in [5, 5.41) is 11.7. The molecule has 0 atom stereocenters. The van der Waals surface area contributed by atoms with E-state index in [9.17, 15) is 0 Å². The molecule has 0 aliphatic rings. The molecular formula is C60H38N2O. The minimum Gasteiger partial charge on any atom is -0.456 e. The van der Waals surface area contributed by atoms with Crippen LogP contribution in [0.3, 0.4) is 0 Å². The van der Waals surface area contributed by atoms with Crippen molar-refractivity contribution in [1.29, 1.82) is 0 Å². The first-order chi connectivity index (χ1) is 31.3. The Morgan fingerprint density at radius 1 is 0.286 bits per heavy atom. The summed E-state index contributed by atoms with van der Waals surface area (Å²) in [7, 11) is 0. The Labute approximate surface area is 363 Å². The molecule has 0 bridgehead atoms. The number of hydrogen-bond acceptors (Lipinski definition) is 1. The zero-order chi connectivity index (χ0) is 41.4. The molecule has 13 rings (SSSR count). The monoisotopic (exact) mass is 802 g/mol. The van der Waals surface area contributed by atoms with Crippen LogP contribution >= 0.6 is 0 Å². The molecule has 0 aliphatic heterocycles. The topological polar surface area (TPSA) is 19.1 Å². The van der Waals surface area contributed by atoms with Crippen molar-refractivity contribution in [3.63, 3.8) is 0 Å². The van der Waals surface area contributed by atoms with E-state index in [0.29, 0.717) is 0 Å². The molecule has 2 heterocycles. The van der Waals surface area contributed by atoms with Crippen molar-refractivity contribution < 1.29 is 4.74 Å². The van der Waals surface area contributed by atoms with Gasteiger partial charge in [0, 0.05) is 44.5 Å². The van der Waals surface area contributed by atoms with E-state index in [0.717, 1.165) is 66.5 Å². The first-order valence-electron chi connectivity index (χ1n) is 21.6. The molecule has 0 N–H and O–H groups in total. The molecule has 63 heavy (non-hydrogen) atoms. The van der Waals surface area contributed by atoms with Crippen molar-refractivity contribution in [2.45, 2.75) is 0 Å². The number of ether oxygens (including phenoxy) is 1. The summed E-state index contributed by atoms with van der Waals surface area (Å²) in [5.74, 6) is 1.59. The minimum absolute atomic E-state index is 0.754. The second kappa shape index (κ2) is 14.1. The Morgan fingerprint density at radius 3 is 1.35 bits per heavy atom. The lowest BCUT2D eigenvalue weighted by molar-refractivity contribution is 0.493. The van der Waals surface area contributed by atoms with Crippen LogP contribution in [0.4, 0.5) is 0 Å². The molecule has 0 aliphatic carbocycles. The highest BCUT2D eigenvalue weighted by Crippen LogP contribution is 2.47. The van der Waals surface area contributed by atoms with Gasteiger partial charge >= 0.3 is 0 Å². The molecule has 0 amide bonds. The first kappa shape index (κ1) is 35.4. The summed E-state index contributed by atoms with van der Waals surface area (Å²) in [6.45, 7) is 0. The van der Waals surface area contributed by atoms with E-state index in [-0.39, 0.29) is 0 Å². The number of fused-ring (bicyclic) bond motifs is 9. The maximum Gasteiger partial charge on any atom is 0.143 e. The summed E-state index contributed by atoms with van der Waals surface area (Å²) < 4.78 is 12.3. The SMILES string of the molecule is c1ccc(-c2ccc3c(c2)c2ccccc2n3-c2cc(Oc3c4ccccc4c(-c4cccc5ccccc45)c4ccccc34)cc(-n3c4ccccc4c4ccccc43)c2)cc1.